The van der Waals surface area contributed by atoms with Crippen LogP contribution in [0.3, 0.4) is 0 Å². The lowest BCUT2D eigenvalue weighted by Gasteiger charge is -2.38. The second-order valence-corrected chi connectivity index (χ2v) is 7.36. The average Bonchev–Trinajstić information content (AvgIpc) is 2.43. The minimum Gasteiger partial charge on any atom is -0.327 e. The molecule has 1 aromatic carbocycles. The van der Waals surface area contributed by atoms with E-state index in [9.17, 15) is 0 Å². The van der Waals surface area contributed by atoms with E-state index in [1.807, 2.05) is 18.2 Å². The summed E-state index contributed by atoms with van der Waals surface area (Å²) in [5, 5.41) is 1.52. The van der Waals surface area contributed by atoms with Crippen molar-refractivity contribution in [3.63, 3.8) is 0 Å². The topological polar surface area (TPSA) is 29.3 Å². The summed E-state index contributed by atoms with van der Waals surface area (Å²) >= 11 is 14.0. The smallest absolute Gasteiger partial charge is 0.0542 e. The maximum absolute atomic E-state index is 6.18. The van der Waals surface area contributed by atoms with Crippen molar-refractivity contribution < 1.29 is 0 Å². The summed E-state index contributed by atoms with van der Waals surface area (Å²) in [6.07, 6.45) is 3.81. The van der Waals surface area contributed by atoms with E-state index < -0.39 is 0 Å². The zero-order valence-electron chi connectivity index (χ0n) is 11.8. The lowest BCUT2D eigenvalue weighted by atomic mass is 9.97. The third kappa shape index (κ3) is 4.54. The number of nitrogens with two attached hydrogens (primary N) is 1. The van der Waals surface area contributed by atoms with Gasteiger partial charge in [0.2, 0.25) is 0 Å². The number of hydrogen-bond donors (Lipinski definition) is 1. The Balaban J connectivity index is 1.86. The predicted octanol–water partition coefficient (Wildman–Crippen LogP) is 4.29. The van der Waals surface area contributed by atoms with Gasteiger partial charge in [-0.2, -0.15) is 0 Å². The van der Waals surface area contributed by atoms with Gasteiger partial charge in [0.05, 0.1) is 5.02 Å². The van der Waals surface area contributed by atoms with Crippen LogP contribution in [0.5, 0.6) is 0 Å². The second kappa shape index (κ2) is 7.90. The lowest BCUT2D eigenvalue weighted by molar-refractivity contribution is 0.139. The molecule has 112 valence electrons. The molecule has 1 heterocycles. The van der Waals surface area contributed by atoms with E-state index >= 15 is 0 Å². The van der Waals surface area contributed by atoms with Crippen LogP contribution in [-0.2, 0) is 0 Å². The Morgan fingerprint density at radius 2 is 2.20 bits per heavy atom. The Labute approximate surface area is 136 Å². The van der Waals surface area contributed by atoms with Crippen LogP contribution in [0.4, 0.5) is 0 Å². The van der Waals surface area contributed by atoms with Gasteiger partial charge in [-0.1, -0.05) is 29.6 Å². The van der Waals surface area contributed by atoms with Crippen molar-refractivity contribution in [2.75, 3.05) is 18.8 Å². The predicted molar refractivity (Wildman–Crippen MR) is 90.0 cm³/mol. The van der Waals surface area contributed by atoms with Crippen LogP contribution in [0.2, 0.25) is 10.0 Å². The van der Waals surface area contributed by atoms with Gasteiger partial charge in [0.1, 0.15) is 0 Å². The third-order valence-electron chi connectivity index (χ3n) is 3.80. The van der Waals surface area contributed by atoms with E-state index in [2.05, 4.69) is 11.8 Å². The third-order valence-corrected chi connectivity index (χ3v) is 5.51. The van der Waals surface area contributed by atoms with Crippen LogP contribution in [0.1, 0.15) is 26.2 Å². The van der Waals surface area contributed by atoms with Crippen molar-refractivity contribution in [1.82, 2.24) is 4.90 Å². The quantitative estimate of drug-likeness (QED) is 0.815. The molecule has 1 aliphatic heterocycles. The van der Waals surface area contributed by atoms with Crippen molar-refractivity contribution in [2.45, 2.75) is 43.2 Å². The number of rotatable bonds is 5. The largest absolute Gasteiger partial charge is 0.327 e. The molecule has 2 nitrogen and oxygen atoms in total. The first kappa shape index (κ1) is 16.4. The van der Waals surface area contributed by atoms with Crippen LogP contribution in [0, 0.1) is 0 Å². The van der Waals surface area contributed by atoms with Crippen LogP contribution >= 0.6 is 35.0 Å². The van der Waals surface area contributed by atoms with E-state index in [0.717, 1.165) is 33.8 Å². The molecule has 1 fully saturated rings. The van der Waals surface area contributed by atoms with Crippen molar-refractivity contribution in [3.8, 4) is 0 Å². The van der Waals surface area contributed by atoms with Gasteiger partial charge in [-0.15, -0.1) is 11.8 Å². The van der Waals surface area contributed by atoms with Gasteiger partial charge in [0.15, 0.2) is 0 Å². The maximum Gasteiger partial charge on any atom is 0.0542 e. The lowest BCUT2D eigenvalue weighted by Crippen LogP contribution is -2.49. The maximum atomic E-state index is 6.18. The van der Waals surface area contributed by atoms with Crippen molar-refractivity contribution in [2.24, 2.45) is 5.73 Å². The molecule has 5 heteroatoms. The van der Waals surface area contributed by atoms with Crippen LogP contribution < -0.4 is 5.73 Å². The normalized spacial score (nSPS) is 21.9. The average molecular weight is 333 g/mol. The van der Waals surface area contributed by atoms with Crippen molar-refractivity contribution in [1.29, 1.82) is 0 Å². The molecule has 1 aromatic rings. The highest BCUT2D eigenvalue weighted by Gasteiger charge is 2.24. The SMILES string of the molecule is CC(N)C1CCCCN1CCSc1cc(Cl)ccc1Cl. The Morgan fingerprint density at radius 1 is 1.40 bits per heavy atom. The second-order valence-electron chi connectivity index (χ2n) is 5.38. The number of benzene rings is 1. The van der Waals surface area contributed by atoms with Crippen molar-refractivity contribution >= 4 is 35.0 Å². The highest BCUT2D eigenvalue weighted by Crippen LogP contribution is 2.30. The Morgan fingerprint density at radius 3 is 2.95 bits per heavy atom. The number of nitrogens with zero attached hydrogens (tertiary/aromatic N) is 1. The summed E-state index contributed by atoms with van der Waals surface area (Å²) in [5.74, 6) is 1.02. The van der Waals surface area contributed by atoms with Gasteiger partial charge in [-0.25, -0.2) is 0 Å². The number of hydrogen-bond acceptors (Lipinski definition) is 3. The first-order valence-electron chi connectivity index (χ1n) is 7.15. The number of halogens is 2. The highest BCUT2D eigenvalue weighted by molar-refractivity contribution is 7.99. The molecule has 20 heavy (non-hydrogen) atoms. The van der Waals surface area contributed by atoms with E-state index in [4.69, 9.17) is 28.9 Å². The zero-order chi connectivity index (χ0) is 14.5. The summed E-state index contributed by atoms with van der Waals surface area (Å²) in [6.45, 7) is 4.33. The standard InChI is InChI=1S/C15H22Cl2N2S/c1-11(18)14-4-2-3-7-19(14)8-9-20-15-10-12(16)5-6-13(15)17/h5-6,10-11,14H,2-4,7-9,18H2,1H3. The molecule has 2 unspecified atom stereocenters. The van der Waals surface area contributed by atoms with Crippen LogP contribution in [0.25, 0.3) is 0 Å². The zero-order valence-corrected chi connectivity index (χ0v) is 14.1. The van der Waals surface area contributed by atoms with Crippen LogP contribution in [-0.4, -0.2) is 35.8 Å². The molecule has 0 bridgehead atoms. The summed E-state index contributed by atoms with van der Waals surface area (Å²) in [4.78, 5) is 3.59. The minimum atomic E-state index is 0.245. The fourth-order valence-corrected chi connectivity index (χ4v) is 4.23. The van der Waals surface area contributed by atoms with Gasteiger partial charge in [0, 0.05) is 34.3 Å². The van der Waals surface area contributed by atoms with Gasteiger partial charge >= 0.3 is 0 Å². The van der Waals surface area contributed by atoms with E-state index in [1.165, 1.54) is 19.3 Å². The summed E-state index contributed by atoms with van der Waals surface area (Å²) in [5.41, 5.74) is 6.10. The van der Waals surface area contributed by atoms with E-state index in [-0.39, 0.29) is 6.04 Å². The van der Waals surface area contributed by atoms with Crippen LogP contribution in [0.15, 0.2) is 23.1 Å². The molecule has 2 atom stereocenters. The Kier molecular flexibility index (Phi) is 6.50. The first-order valence-corrected chi connectivity index (χ1v) is 8.89. The Bertz CT molecular complexity index is 440. The summed E-state index contributed by atoms with van der Waals surface area (Å²) < 4.78 is 0. The molecule has 2 N–H and O–H groups in total. The molecular weight excluding hydrogens is 311 g/mol. The molecule has 0 aliphatic carbocycles. The molecule has 1 aliphatic rings. The van der Waals surface area contributed by atoms with Gasteiger partial charge in [-0.05, 0) is 44.5 Å². The number of piperidine rings is 1. The van der Waals surface area contributed by atoms with E-state index in [0.29, 0.717) is 6.04 Å². The van der Waals surface area contributed by atoms with Gasteiger partial charge < -0.3 is 5.73 Å². The summed E-state index contributed by atoms with van der Waals surface area (Å²) in [6, 6.07) is 6.39. The molecule has 0 spiro atoms. The molecule has 0 radical (unpaired) electrons. The molecule has 0 saturated carbocycles. The van der Waals surface area contributed by atoms with Gasteiger partial charge in [-0.3, -0.25) is 4.90 Å². The fraction of sp³-hybridized carbons (Fsp3) is 0.600. The number of thioether (sulfide) groups is 1. The monoisotopic (exact) mass is 332 g/mol. The molecule has 0 amide bonds. The summed E-state index contributed by atoms with van der Waals surface area (Å²) in [7, 11) is 0. The van der Waals surface area contributed by atoms with Gasteiger partial charge in [0.25, 0.3) is 0 Å². The molecule has 0 aromatic heterocycles. The highest BCUT2D eigenvalue weighted by atomic mass is 35.5. The Hall–Kier alpha value is 0.0700. The van der Waals surface area contributed by atoms with Crippen molar-refractivity contribution in [3.05, 3.63) is 28.2 Å². The minimum absolute atomic E-state index is 0.245. The number of likely N-dealkylation sites (tertiary alicyclic amines) is 1. The fourth-order valence-electron chi connectivity index (χ4n) is 2.75. The molecular formula is C15H22Cl2N2S. The molecule has 1 saturated heterocycles. The first-order chi connectivity index (χ1) is 9.58. The molecule has 2 rings (SSSR count). The van der Waals surface area contributed by atoms with E-state index in [1.54, 1.807) is 11.8 Å².